The minimum atomic E-state index is -2.61. The van der Waals surface area contributed by atoms with E-state index in [-0.39, 0.29) is 31.4 Å². The molecule has 1 aromatic rings. The minimum absolute atomic E-state index is 0.157. The van der Waals surface area contributed by atoms with E-state index < -0.39 is 12.0 Å². The van der Waals surface area contributed by atoms with Crippen LogP contribution in [0.4, 0.5) is 8.78 Å². The van der Waals surface area contributed by atoms with Crippen molar-refractivity contribution in [1.29, 1.82) is 5.26 Å². The van der Waals surface area contributed by atoms with E-state index in [2.05, 4.69) is 11.1 Å². The van der Waals surface area contributed by atoms with Crippen molar-refractivity contribution in [3.8, 4) is 6.07 Å². The Bertz CT molecular complexity index is 473. The predicted molar refractivity (Wildman–Crippen MR) is 61.0 cm³/mol. The second-order valence-electron chi connectivity index (χ2n) is 4.18. The van der Waals surface area contributed by atoms with Gasteiger partial charge in [-0.1, -0.05) is 0 Å². The molecule has 0 bridgehead atoms. The summed E-state index contributed by atoms with van der Waals surface area (Å²) >= 11 is 1.14. The average Bonchev–Trinajstić information content (AvgIpc) is 2.61. The molecule has 1 atom stereocenters. The topological polar surface area (TPSA) is 39.9 Å². The Kier molecular flexibility index (Phi) is 3.04. The van der Waals surface area contributed by atoms with E-state index in [4.69, 9.17) is 1.37 Å². The van der Waals surface area contributed by atoms with Crippen molar-refractivity contribution in [2.75, 3.05) is 13.1 Å². The summed E-state index contributed by atoms with van der Waals surface area (Å²) in [5, 5.41) is 9.23. The van der Waals surface area contributed by atoms with Crippen LogP contribution < -0.4 is 0 Å². The minimum Gasteiger partial charge on any atom is -0.283 e. The molecule has 2 heterocycles. The lowest BCUT2D eigenvalue weighted by Gasteiger charge is -2.34. The lowest BCUT2D eigenvalue weighted by atomic mass is 10.0. The Balaban J connectivity index is 2.16. The van der Waals surface area contributed by atoms with Crippen molar-refractivity contribution in [3.63, 3.8) is 0 Å². The number of hydrogen-bond acceptors (Lipinski definition) is 4. The van der Waals surface area contributed by atoms with E-state index in [0.29, 0.717) is 10.6 Å². The molecule has 17 heavy (non-hydrogen) atoms. The van der Waals surface area contributed by atoms with Crippen molar-refractivity contribution >= 4 is 11.3 Å². The first-order valence-electron chi connectivity index (χ1n) is 5.88. The molecule has 1 aliphatic heterocycles. The number of thiazole rings is 1. The van der Waals surface area contributed by atoms with Gasteiger partial charge in [0.15, 0.2) is 0 Å². The number of likely N-dealkylation sites (tertiary alicyclic amines) is 1. The number of nitrogens with zero attached hydrogens (tertiary/aromatic N) is 3. The maximum absolute atomic E-state index is 13.1. The molecule has 1 fully saturated rings. The number of aromatic nitrogens is 1. The van der Waals surface area contributed by atoms with Gasteiger partial charge in [-0.25, -0.2) is 13.8 Å². The van der Waals surface area contributed by atoms with Crippen LogP contribution in [0.25, 0.3) is 0 Å². The molecule has 1 aromatic heterocycles. The summed E-state index contributed by atoms with van der Waals surface area (Å²) in [6.45, 7) is 2.15. The van der Waals surface area contributed by atoms with Crippen LogP contribution in [-0.2, 0) is 0 Å². The number of nitriles is 1. The van der Waals surface area contributed by atoms with Crippen LogP contribution in [0.3, 0.4) is 0 Å². The third-order valence-electron chi connectivity index (χ3n) is 2.99. The Morgan fingerprint density at radius 3 is 2.76 bits per heavy atom. The van der Waals surface area contributed by atoms with E-state index >= 15 is 0 Å². The second-order valence-corrected chi connectivity index (χ2v) is 5.00. The summed E-state index contributed by atoms with van der Waals surface area (Å²) in [5.41, 5.74) is 0.805. The third-order valence-corrected chi connectivity index (χ3v) is 3.91. The van der Waals surface area contributed by atoms with Crippen molar-refractivity contribution in [2.24, 2.45) is 0 Å². The normalized spacial score (nSPS) is 22.8. The van der Waals surface area contributed by atoms with E-state index in [1.54, 1.807) is 11.8 Å². The van der Waals surface area contributed by atoms with Crippen LogP contribution in [0.5, 0.6) is 0 Å². The summed E-state index contributed by atoms with van der Waals surface area (Å²) in [5.74, 6) is -2.61. The SMILES string of the molecule is [2H]c1nc(C)c(C(C#N)N2CCC(F)(F)CC2)s1. The van der Waals surface area contributed by atoms with Gasteiger partial charge < -0.3 is 0 Å². The average molecular weight is 258 g/mol. The summed E-state index contributed by atoms with van der Waals surface area (Å²) in [4.78, 5) is 6.41. The first-order chi connectivity index (χ1) is 8.43. The summed E-state index contributed by atoms with van der Waals surface area (Å²) < 4.78 is 33.6. The van der Waals surface area contributed by atoms with Crippen LogP contribution in [0, 0.1) is 18.3 Å². The Morgan fingerprint density at radius 2 is 2.29 bits per heavy atom. The molecule has 6 heteroatoms. The molecular formula is C11H13F2N3S. The van der Waals surface area contributed by atoms with Gasteiger partial charge in [-0.2, -0.15) is 5.26 Å². The van der Waals surface area contributed by atoms with Crippen molar-refractivity contribution in [1.82, 2.24) is 9.88 Å². The molecule has 0 radical (unpaired) electrons. The van der Waals surface area contributed by atoms with Gasteiger partial charge in [0, 0.05) is 25.9 Å². The molecule has 0 aromatic carbocycles. The van der Waals surface area contributed by atoms with Gasteiger partial charge in [-0.05, 0) is 6.92 Å². The lowest BCUT2D eigenvalue weighted by molar-refractivity contribution is -0.0593. The first kappa shape index (κ1) is 11.1. The number of alkyl halides is 2. The molecular weight excluding hydrogens is 244 g/mol. The maximum atomic E-state index is 13.1. The number of aryl methyl sites for hydroxylation is 1. The lowest BCUT2D eigenvalue weighted by Crippen LogP contribution is -2.41. The van der Waals surface area contributed by atoms with Crippen molar-refractivity contribution in [2.45, 2.75) is 31.7 Å². The number of halogens is 2. The van der Waals surface area contributed by atoms with Gasteiger partial charge in [0.2, 0.25) is 0 Å². The van der Waals surface area contributed by atoms with Crippen LogP contribution in [0.1, 0.15) is 30.8 Å². The van der Waals surface area contributed by atoms with Crippen LogP contribution in [0.2, 0.25) is 0 Å². The molecule has 3 nitrogen and oxygen atoms in total. The fraction of sp³-hybridized carbons (Fsp3) is 0.636. The Morgan fingerprint density at radius 1 is 1.65 bits per heavy atom. The first-order valence-corrected chi connectivity index (χ1v) is 6.20. The number of rotatable bonds is 2. The highest BCUT2D eigenvalue weighted by atomic mass is 32.1. The zero-order valence-electron chi connectivity index (χ0n) is 10.4. The molecule has 2 rings (SSSR count). The van der Waals surface area contributed by atoms with Gasteiger partial charge in [-0.15, -0.1) is 11.3 Å². The molecule has 0 saturated carbocycles. The second kappa shape index (κ2) is 4.67. The van der Waals surface area contributed by atoms with Gasteiger partial charge >= 0.3 is 0 Å². The van der Waals surface area contributed by atoms with E-state index in [1.807, 2.05) is 0 Å². The Hall–Kier alpha value is -1.06. The van der Waals surface area contributed by atoms with Crippen LogP contribution in [0.15, 0.2) is 5.49 Å². The highest BCUT2D eigenvalue weighted by Gasteiger charge is 2.37. The fourth-order valence-corrected chi connectivity index (χ4v) is 2.73. The number of piperidine rings is 1. The van der Waals surface area contributed by atoms with Crippen LogP contribution in [-0.4, -0.2) is 28.9 Å². The summed E-state index contributed by atoms with van der Waals surface area (Å²) in [6, 6.07) is 1.58. The van der Waals surface area contributed by atoms with E-state index in [1.165, 1.54) is 0 Å². The highest BCUT2D eigenvalue weighted by molar-refractivity contribution is 7.09. The molecule has 0 amide bonds. The standard InChI is InChI=1S/C11H13F2N3S/c1-8-10(17-7-15-8)9(6-14)16-4-2-11(12,13)3-5-16/h7,9H,2-5H2,1H3/i7D. The summed E-state index contributed by atoms with van der Waals surface area (Å²) in [6.07, 6.45) is -0.423. The van der Waals surface area contributed by atoms with E-state index in [9.17, 15) is 14.0 Å². The molecule has 92 valence electrons. The smallest absolute Gasteiger partial charge is 0.250 e. The van der Waals surface area contributed by atoms with Gasteiger partial charge in [-0.3, -0.25) is 4.90 Å². The third kappa shape index (κ3) is 2.61. The van der Waals surface area contributed by atoms with Gasteiger partial charge in [0.05, 0.1) is 23.5 Å². The fourth-order valence-electron chi connectivity index (χ4n) is 1.94. The molecule has 1 aliphatic rings. The molecule has 1 saturated heterocycles. The molecule has 0 N–H and O–H groups in total. The number of hydrogen-bond donors (Lipinski definition) is 0. The highest BCUT2D eigenvalue weighted by Crippen LogP contribution is 2.34. The zero-order valence-corrected chi connectivity index (χ0v) is 10.2. The quantitative estimate of drug-likeness (QED) is 0.819. The molecule has 0 aliphatic carbocycles. The van der Waals surface area contributed by atoms with Gasteiger partial charge in [0.25, 0.3) is 5.92 Å². The van der Waals surface area contributed by atoms with Crippen LogP contribution >= 0.6 is 11.3 Å². The summed E-state index contributed by atoms with van der Waals surface area (Å²) in [7, 11) is 0. The van der Waals surface area contributed by atoms with E-state index in [0.717, 1.165) is 11.3 Å². The zero-order chi connectivity index (χ0) is 13.3. The largest absolute Gasteiger partial charge is 0.283 e. The van der Waals surface area contributed by atoms with Crippen molar-refractivity contribution in [3.05, 3.63) is 16.1 Å². The Labute approximate surface area is 104 Å². The molecule has 1 unspecified atom stereocenters. The predicted octanol–water partition coefficient (Wildman–Crippen LogP) is 2.75. The van der Waals surface area contributed by atoms with Crippen molar-refractivity contribution < 1.29 is 10.2 Å². The maximum Gasteiger partial charge on any atom is 0.250 e. The monoisotopic (exact) mass is 258 g/mol. The molecule has 0 spiro atoms. The van der Waals surface area contributed by atoms with Gasteiger partial charge in [0.1, 0.15) is 6.04 Å².